The van der Waals surface area contributed by atoms with Crippen molar-refractivity contribution in [2.24, 2.45) is 0 Å². The lowest BCUT2D eigenvalue weighted by molar-refractivity contribution is -0.134. The van der Waals surface area contributed by atoms with E-state index >= 15 is 0 Å². The van der Waals surface area contributed by atoms with Crippen LogP contribution in [0.15, 0.2) is 30.3 Å². The molecular weight excluding hydrogens is 180 g/mol. The van der Waals surface area contributed by atoms with Gasteiger partial charge in [-0.2, -0.15) is 0 Å². The lowest BCUT2D eigenvalue weighted by atomic mass is 9.94. The summed E-state index contributed by atoms with van der Waals surface area (Å²) in [7, 11) is 0.546. The first kappa shape index (κ1) is 10.4. The fourth-order valence-electron chi connectivity index (χ4n) is 1.23. The summed E-state index contributed by atoms with van der Waals surface area (Å²) in [4.78, 5) is 0. The Bertz CT molecular complexity index is 259. The van der Waals surface area contributed by atoms with Crippen LogP contribution in [-0.2, 0) is 4.43 Å². The third-order valence-electron chi connectivity index (χ3n) is 2.52. The summed E-state index contributed by atoms with van der Waals surface area (Å²) in [5.74, 6) is -1.03. The van der Waals surface area contributed by atoms with Crippen LogP contribution >= 0.6 is 0 Å². The van der Waals surface area contributed by atoms with Crippen LogP contribution in [-0.4, -0.2) is 21.4 Å². The van der Waals surface area contributed by atoms with Gasteiger partial charge in [-0.3, -0.25) is 0 Å². The maximum atomic E-state index is 9.86. The Morgan fingerprint density at radius 1 is 1.38 bits per heavy atom. The largest absolute Gasteiger partial charge is 0.401 e. The van der Waals surface area contributed by atoms with Gasteiger partial charge in [-0.15, -0.1) is 0 Å². The molecule has 0 radical (unpaired) electrons. The van der Waals surface area contributed by atoms with Crippen LogP contribution in [0.1, 0.15) is 25.3 Å². The van der Waals surface area contributed by atoms with E-state index in [1.54, 1.807) is 6.92 Å². The van der Waals surface area contributed by atoms with E-state index in [9.17, 15) is 5.11 Å². The fraction of sp³-hybridized carbons (Fsp3) is 0.400. The molecule has 0 aliphatic rings. The number of hydrogen-bond donors (Lipinski definition) is 1. The van der Waals surface area contributed by atoms with Crippen LogP contribution in [0.4, 0.5) is 0 Å². The zero-order valence-electron chi connectivity index (χ0n) is 8.32. The quantitative estimate of drug-likeness (QED) is 0.572. The maximum Gasteiger partial charge on any atom is 0.158 e. The van der Waals surface area contributed by atoms with E-state index in [4.69, 9.17) is 4.43 Å². The van der Waals surface area contributed by atoms with Gasteiger partial charge >= 0.3 is 0 Å². The Morgan fingerprint density at radius 3 is 2.38 bits per heavy atom. The third-order valence-corrected chi connectivity index (χ3v) is 3.34. The molecule has 0 saturated carbocycles. The van der Waals surface area contributed by atoms with Crippen molar-refractivity contribution >= 4 is 10.5 Å². The van der Waals surface area contributed by atoms with Crippen LogP contribution in [0.3, 0.4) is 0 Å². The Morgan fingerprint density at radius 2 is 1.92 bits per heavy atom. The first-order chi connectivity index (χ1) is 6.08. The summed E-state index contributed by atoms with van der Waals surface area (Å²) in [6.07, 6.45) is 0. The van der Waals surface area contributed by atoms with Gasteiger partial charge in [0.05, 0.1) is 0 Å². The minimum Gasteiger partial charge on any atom is -0.401 e. The van der Waals surface area contributed by atoms with Crippen molar-refractivity contribution in [3.63, 3.8) is 0 Å². The molecule has 0 bridgehead atoms. The van der Waals surface area contributed by atoms with E-state index in [1.165, 1.54) is 0 Å². The van der Waals surface area contributed by atoms with Crippen LogP contribution in [0, 0.1) is 0 Å². The number of rotatable bonds is 3. The molecule has 72 valence electrons. The first-order valence-electron chi connectivity index (χ1n) is 4.40. The molecule has 0 saturated heterocycles. The number of benzene rings is 1. The molecular formula is C10H16O2Si. The lowest BCUT2D eigenvalue weighted by Crippen LogP contribution is -2.33. The van der Waals surface area contributed by atoms with Crippen molar-refractivity contribution in [2.45, 2.75) is 25.6 Å². The summed E-state index contributed by atoms with van der Waals surface area (Å²) in [6, 6.07) is 9.90. The van der Waals surface area contributed by atoms with E-state index in [2.05, 4.69) is 0 Å². The summed E-state index contributed by atoms with van der Waals surface area (Å²) in [6.45, 7) is 3.67. The molecule has 0 spiro atoms. The van der Waals surface area contributed by atoms with E-state index in [-0.39, 0.29) is 5.92 Å². The molecule has 1 aromatic carbocycles. The molecule has 0 fully saturated rings. The third kappa shape index (κ3) is 2.40. The molecule has 2 nitrogen and oxygen atoms in total. The summed E-state index contributed by atoms with van der Waals surface area (Å²) in [5.41, 5.74) is 1.10. The standard InChI is InChI=1S/C10H16O2Si/c1-8(10(2,11)12-13)9-6-4-3-5-7-9/h3-8,11H,1-2,13H3/t8-,10+/m0/s1. The second-order valence-electron chi connectivity index (χ2n) is 3.39. The molecule has 13 heavy (non-hydrogen) atoms. The SMILES string of the molecule is C[C@@H](c1ccccc1)[C@](C)(O)O[SiH3]. The Hall–Kier alpha value is -0.643. The Kier molecular flexibility index (Phi) is 3.25. The summed E-state index contributed by atoms with van der Waals surface area (Å²) in [5, 5.41) is 9.86. The van der Waals surface area contributed by atoms with E-state index in [0.29, 0.717) is 10.5 Å². The van der Waals surface area contributed by atoms with Crippen LogP contribution < -0.4 is 0 Å². The highest BCUT2D eigenvalue weighted by atomic mass is 28.2. The normalized spacial score (nSPS) is 18.1. The molecule has 0 unspecified atom stereocenters. The van der Waals surface area contributed by atoms with Gasteiger partial charge in [0.15, 0.2) is 5.79 Å². The van der Waals surface area contributed by atoms with Crippen LogP contribution in [0.5, 0.6) is 0 Å². The highest BCUT2D eigenvalue weighted by Crippen LogP contribution is 2.27. The molecule has 0 heterocycles. The molecule has 0 amide bonds. The molecule has 3 heteroatoms. The average Bonchev–Trinajstić information content (AvgIpc) is 2.18. The number of aliphatic hydroxyl groups is 1. The van der Waals surface area contributed by atoms with Gasteiger partial charge in [-0.05, 0) is 12.5 Å². The first-order valence-corrected chi connectivity index (χ1v) is 5.22. The van der Waals surface area contributed by atoms with Crippen molar-refractivity contribution in [1.29, 1.82) is 0 Å². The second kappa shape index (κ2) is 4.04. The summed E-state index contributed by atoms with van der Waals surface area (Å²) >= 11 is 0. The molecule has 1 rings (SSSR count). The van der Waals surface area contributed by atoms with Crippen LogP contribution in [0.2, 0.25) is 0 Å². The van der Waals surface area contributed by atoms with Gasteiger partial charge in [-0.25, -0.2) is 0 Å². The van der Waals surface area contributed by atoms with Gasteiger partial charge in [0, 0.05) is 5.92 Å². The zero-order valence-corrected chi connectivity index (χ0v) is 10.3. The van der Waals surface area contributed by atoms with Crippen molar-refractivity contribution in [3.05, 3.63) is 35.9 Å². The Labute approximate surface area is 82.1 Å². The summed E-state index contributed by atoms with van der Waals surface area (Å²) < 4.78 is 5.15. The zero-order chi connectivity index (χ0) is 9.90. The van der Waals surface area contributed by atoms with E-state index < -0.39 is 5.79 Å². The second-order valence-corrected chi connectivity index (χ2v) is 3.80. The molecule has 0 aromatic heterocycles. The van der Waals surface area contributed by atoms with Gasteiger partial charge < -0.3 is 9.53 Å². The van der Waals surface area contributed by atoms with E-state index in [1.807, 2.05) is 37.3 Å². The molecule has 2 atom stereocenters. The minimum atomic E-state index is -1.03. The highest BCUT2D eigenvalue weighted by Gasteiger charge is 2.28. The molecule has 0 aliphatic carbocycles. The van der Waals surface area contributed by atoms with Crippen molar-refractivity contribution < 1.29 is 9.53 Å². The van der Waals surface area contributed by atoms with Gasteiger partial charge in [0.2, 0.25) is 0 Å². The molecule has 1 N–H and O–H groups in total. The van der Waals surface area contributed by atoms with Crippen LogP contribution in [0.25, 0.3) is 0 Å². The lowest BCUT2D eigenvalue weighted by Gasteiger charge is -2.29. The van der Waals surface area contributed by atoms with Crippen molar-refractivity contribution in [3.8, 4) is 0 Å². The smallest absolute Gasteiger partial charge is 0.158 e. The predicted octanol–water partition coefficient (Wildman–Crippen LogP) is 0.796. The number of hydrogen-bond acceptors (Lipinski definition) is 2. The predicted molar refractivity (Wildman–Crippen MR) is 56.5 cm³/mol. The topological polar surface area (TPSA) is 29.5 Å². The van der Waals surface area contributed by atoms with E-state index in [0.717, 1.165) is 5.56 Å². The minimum absolute atomic E-state index is 0.00574. The monoisotopic (exact) mass is 196 g/mol. The van der Waals surface area contributed by atoms with Gasteiger partial charge in [0.1, 0.15) is 10.5 Å². The van der Waals surface area contributed by atoms with Crippen molar-refractivity contribution in [1.82, 2.24) is 0 Å². The highest BCUT2D eigenvalue weighted by molar-refractivity contribution is 5.98. The molecule has 1 aromatic rings. The fourth-order valence-corrected chi connectivity index (χ4v) is 1.58. The maximum absolute atomic E-state index is 9.86. The Balaban J connectivity index is 2.85. The van der Waals surface area contributed by atoms with Gasteiger partial charge in [0.25, 0.3) is 0 Å². The molecule has 0 aliphatic heterocycles. The van der Waals surface area contributed by atoms with Gasteiger partial charge in [-0.1, -0.05) is 37.3 Å². The average molecular weight is 196 g/mol. The van der Waals surface area contributed by atoms with Crippen molar-refractivity contribution in [2.75, 3.05) is 0 Å².